The molecule has 0 heterocycles. The Morgan fingerprint density at radius 2 is 2.20 bits per heavy atom. The van der Waals surface area contributed by atoms with E-state index in [9.17, 15) is 0 Å². The Bertz CT molecular complexity index is 467. The van der Waals surface area contributed by atoms with Crippen LogP contribution in [0.2, 0.25) is 0 Å². The van der Waals surface area contributed by atoms with Crippen molar-refractivity contribution in [2.75, 3.05) is 20.2 Å². The van der Waals surface area contributed by atoms with E-state index in [0.29, 0.717) is 6.04 Å². The summed E-state index contributed by atoms with van der Waals surface area (Å²) in [4.78, 5) is 4.63. The molecular weight excluding hydrogens is 250 g/mol. The Kier molecular flexibility index (Phi) is 5.27. The van der Waals surface area contributed by atoms with Crippen molar-refractivity contribution in [1.82, 2.24) is 10.6 Å². The van der Waals surface area contributed by atoms with Gasteiger partial charge >= 0.3 is 0 Å². The van der Waals surface area contributed by atoms with Gasteiger partial charge in [-0.1, -0.05) is 17.7 Å². The second-order valence-corrected chi connectivity index (χ2v) is 5.24. The van der Waals surface area contributed by atoms with Crippen molar-refractivity contribution in [3.05, 3.63) is 29.3 Å². The van der Waals surface area contributed by atoms with Crippen molar-refractivity contribution in [2.45, 2.75) is 39.2 Å². The Balaban J connectivity index is 1.93. The number of nitrogens with zero attached hydrogens (tertiary/aromatic N) is 1. The van der Waals surface area contributed by atoms with Gasteiger partial charge in [-0.05, 0) is 44.7 Å². The molecule has 0 aliphatic heterocycles. The van der Waals surface area contributed by atoms with Crippen molar-refractivity contribution >= 4 is 5.96 Å². The lowest BCUT2D eigenvalue weighted by Gasteiger charge is -2.11. The fourth-order valence-electron chi connectivity index (χ4n) is 2.13. The van der Waals surface area contributed by atoms with Crippen LogP contribution in [-0.2, 0) is 6.42 Å². The molecule has 0 unspecified atom stereocenters. The second-order valence-electron chi connectivity index (χ2n) is 5.24. The lowest BCUT2D eigenvalue weighted by molar-refractivity contribution is 0.409. The van der Waals surface area contributed by atoms with Gasteiger partial charge in [0.1, 0.15) is 5.75 Å². The predicted octanol–water partition coefficient (Wildman–Crippen LogP) is 2.26. The summed E-state index contributed by atoms with van der Waals surface area (Å²) in [6.45, 7) is 5.85. The molecule has 1 aromatic carbocycles. The summed E-state index contributed by atoms with van der Waals surface area (Å²) < 4.78 is 5.40. The molecule has 1 saturated carbocycles. The molecule has 4 heteroatoms. The van der Waals surface area contributed by atoms with Gasteiger partial charge < -0.3 is 15.4 Å². The van der Waals surface area contributed by atoms with Crippen LogP contribution in [-0.4, -0.2) is 32.2 Å². The molecule has 1 aliphatic rings. The first-order valence-corrected chi connectivity index (χ1v) is 7.41. The van der Waals surface area contributed by atoms with Gasteiger partial charge in [0.2, 0.25) is 0 Å². The van der Waals surface area contributed by atoms with Crippen LogP contribution in [0.1, 0.15) is 30.9 Å². The van der Waals surface area contributed by atoms with Crippen molar-refractivity contribution < 1.29 is 4.74 Å². The van der Waals surface area contributed by atoms with Crippen molar-refractivity contribution in [3.8, 4) is 5.75 Å². The quantitative estimate of drug-likeness (QED) is 0.618. The monoisotopic (exact) mass is 275 g/mol. The normalized spacial score (nSPS) is 15.1. The van der Waals surface area contributed by atoms with Crippen LogP contribution in [0.5, 0.6) is 5.75 Å². The minimum Gasteiger partial charge on any atom is -0.496 e. The zero-order chi connectivity index (χ0) is 14.4. The van der Waals surface area contributed by atoms with E-state index in [4.69, 9.17) is 4.74 Å². The first-order valence-electron chi connectivity index (χ1n) is 7.41. The molecule has 4 nitrogen and oxygen atoms in total. The van der Waals surface area contributed by atoms with Gasteiger partial charge in [0.15, 0.2) is 5.96 Å². The summed E-state index contributed by atoms with van der Waals surface area (Å²) in [5.74, 6) is 1.88. The van der Waals surface area contributed by atoms with Gasteiger partial charge in [-0.15, -0.1) is 0 Å². The summed E-state index contributed by atoms with van der Waals surface area (Å²) in [5.41, 5.74) is 2.48. The van der Waals surface area contributed by atoms with Crippen molar-refractivity contribution in [1.29, 1.82) is 0 Å². The molecule has 1 aliphatic carbocycles. The summed E-state index contributed by atoms with van der Waals surface area (Å²) >= 11 is 0. The number of hydrogen-bond donors (Lipinski definition) is 2. The van der Waals surface area contributed by atoms with Crippen LogP contribution in [0.25, 0.3) is 0 Å². The van der Waals surface area contributed by atoms with Crippen LogP contribution in [0.3, 0.4) is 0 Å². The Hall–Kier alpha value is -1.71. The minimum atomic E-state index is 0.626. The molecule has 2 rings (SSSR count). The third-order valence-electron chi connectivity index (χ3n) is 3.35. The first kappa shape index (κ1) is 14.7. The highest BCUT2D eigenvalue weighted by Crippen LogP contribution is 2.20. The van der Waals surface area contributed by atoms with Crippen molar-refractivity contribution in [3.63, 3.8) is 0 Å². The number of methoxy groups -OCH3 is 1. The zero-order valence-corrected chi connectivity index (χ0v) is 12.7. The third kappa shape index (κ3) is 4.44. The fourth-order valence-corrected chi connectivity index (χ4v) is 2.13. The van der Waals surface area contributed by atoms with Crippen LogP contribution in [0.15, 0.2) is 23.2 Å². The predicted molar refractivity (Wildman–Crippen MR) is 83.6 cm³/mol. The molecule has 1 aromatic rings. The zero-order valence-electron chi connectivity index (χ0n) is 12.7. The van der Waals surface area contributed by atoms with E-state index in [-0.39, 0.29) is 0 Å². The molecule has 0 aromatic heterocycles. The van der Waals surface area contributed by atoms with Gasteiger partial charge in [-0.3, -0.25) is 4.99 Å². The summed E-state index contributed by atoms with van der Waals surface area (Å²) in [6.07, 6.45) is 3.42. The molecule has 0 saturated heterocycles. The third-order valence-corrected chi connectivity index (χ3v) is 3.35. The van der Waals surface area contributed by atoms with Gasteiger partial charge in [0.25, 0.3) is 0 Å². The Morgan fingerprint density at radius 1 is 1.40 bits per heavy atom. The molecule has 0 radical (unpaired) electrons. The highest BCUT2D eigenvalue weighted by molar-refractivity contribution is 5.80. The number of aryl methyl sites for hydroxylation is 1. The molecule has 0 bridgehead atoms. The van der Waals surface area contributed by atoms with E-state index in [2.05, 4.69) is 41.6 Å². The van der Waals surface area contributed by atoms with Crippen LogP contribution < -0.4 is 15.4 Å². The van der Waals surface area contributed by atoms with Gasteiger partial charge in [-0.25, -0.2) is 0 Å². The van der Waals surface area contributed by atoms with Crippen LogP contribution >= 0.6 is 0 Å². The van der Waals surface area contributed by atoms with E-state index >= 15 is 0 Å². The first-order chi connectivity index (χ1) is 9.72. The highest BCUT2D eigenvalue weighted by atomic mass is 16.5. The maximum Gasteiger partial charge on any atom is 0.191 e. The highest BCUT2D eigenvalue weighted by Gasteiger charge is 2.21. The van der Waals surface area contributed by atoms with E-state index in [0.717, 1.165) is 31.2 Å². The molecular formula is C16H25N3O. The van der Waals surface area contributed by atoms with Gasteiger partial charge in [0, 0.05) is 19.1 Å². The fraction of sp³-hybridized carbons (Fsp3) is 0.562. The molecule has 0 atom stereocenters. The molecule has 0 spiro atoms. The molecule has 20 heavy (non-hydrogen) atoms. The number of nitrogens with one attached hydrogen (secondary N) is 2. The summed E-state index contributed by atoms with van der Waals surface area (Å²) in [5, 5.41) is 6.71. The molecule has 1 fully saturated rings. The average molecular weight is 275 g/mol. The van der Waals surface area contributed by atoms with Crippen LogP contribution in [0, 0.1) is 6.92 Å². The average Bonchev–Trinajstić information content (AvgIpc) is 3.23. The molecule has 110 valence electrons. The van der Waals surface area contributed by atoms with Gasteiger partial charge in [0.05, 0.1) is 7.11 Å². The number of ether oxygens (including phenoxy) is 1. The van der Waals surface area contributed by atoms with E-state index in [1.54, 1.807) is 7.11 Å². The number of aliphatic imine (C=N–C) groups is 1. The Morgan fingerprint density at radius 3 is 2.85 bits per heavy atom. The minimum absolute atomic E-state index is 0.626. The van der Waals surface area contributed by atoms with E-state index in [1.807, 2.05) is 6.07 Å². The van der Waals surface area contributed by atoms with Crippen molar-refractivity contribution in [2.24, 2.45) is 4.99 Å². The maximum absolute atomic E-state index is 5.40. The largest absolute Gasteiger partial charge is 0.496 e. The SMILES string of the molecule is CCNC(=NCCc1cc(C)ccc1OC)NC1CC1. The number of rotatable bonds is 6. The Labute approximate surface area is 121 Å². The van der Waals surface area contributed by atoms with E-state index < -0.39 is 0 Å². The maximum atomic E-state index is 5.40. The topological polar surface area (TPSA) is 45.7 Å². The van der Waals surface area contributed by atoms with E-state index in [1.165, 1.54) is 24.0 Å². The van der Waals surface area contributed by atoms with Crippen LogP contribution in [0.4, 0.5) is 0 Å². The number of benzene rings is 1. The molecule has 0 amide bonds. The lowest BCUT2D eigenvalue weighted by atomic mass is 10.1. The number of hydrogen-bond acceptors (Lipinski definition) is 2. The summed E-state index contributed by atoms with van der Waals surface area (Å²) in [6, 6.07) is 6.91. The summed E-state index contributed by atoms with van der Waals surface area (Å²) in [7, 11) is 1.72. The molecule has 2 N–H and O–H groups in total. The van der Waals surface area contributed by atoms with Gasteiger partial charge in [-0.2, -0.15) is 0 Å². The standard InChI is InChI=1S/C16H25N3O/c1-4-17-16(19-14-6-7-14)18-10-9-13-11-12(2)5-8-15(13)20-3/h5,8,11,14H,4,6-7,9-10H2,1-3H3,(H2,17,18,19). The lowest BCUT2D eigenvalue weighted by Crippen LogP contribution is -2.38. The smallest absolute Gasteiger partial charge is 0.191 e. The second kappa shape index (κ2) is 7.17. The number of guanidine groups is 1.